The highest BCUT2D eigenvalue weighted by Crippen LogP contribution is 2.28. The Bertz CT molecular complexity index is 186. The highest BCUT2D eigenvalue weighted by molar-refractivity contribution is 4.83. The largest absolute Gasteiger partial charge is 0.375 e. The van der Waals surface area contributed by atoms with Crippen LogP contribution in [0.25, 0.3) is 0 Å². The van der Waals surface area contributed by atoms with E-state index in [9.17, 15) is 0 Å². The maximum Gasteiger partial charge on any atom is 0.0682 e. The topological polar surface area (TPSA) is 21.7 Å². The van der Waals surface area contributed by atoms with Crippen LogP contribution in [0, 0.1) is 5.92 Å². The summed E-state index contributed by atoms with van der Waals surface area (Å²) in [5, 5.41) is 2.03. The van der Waals surface area contributed by atoms with Crippen LogP contribution in [0.2, 0.25) is 0 Å². The summed E-state index contributed by atoms with van der Waals surface area (Å²) in [5.74, 6) is 0.531. The van der Waals surface area contributed by atoms with Crippen molar-refractivity contribution >= 4 is 0 Å². The summed E-state index contributed by atoms with van der Waals surface area (Å²) in [6, 6.07) is 0.482. The Morgan fingerprint density at radius 1 is 1.33 bits per heavy atom. The second-order valence-electron chi connectivity index (χ2n) is 4.69. The predicted molar refractivity (Wildman–Crippen MR) is 61.6 cm³/mol. The van der Waals surface area contributed by atoms with Gasteiger partial charge in [-0.15, -0.1) is 0 Å². The van der Waals surface area contributed by atoms with E-state index in [1.807, 2.05) is 12.1 Å². The Hall–Kier alpha value is -0.120. The predicted octanol–water partition coefficient (Wildman–Crippen LogP) is 2.46. The zero-order valence-corrected chi connectivity index (χ0v) is 10.7. The number of rotatable bonds is 4. The lowest BCUT2D eigenvalue weighted by Crippen LogP contribution is -2.48. The molecule has 3 nitrogen and oxygen atoms in total. The van der Waals surface area contributed by atoms with Crippen LogP contribution < -0.4 is 0 Å². The number of ether oxygens (including phenoxy) is 1. The van der Waals surface area contributed by atoms with Crippen molar-refractivity contribution in [3.63, 3.8) is 0 Å². The second kappa shape index (κ2) is 5.83. The standard InChI is InChI=1S/C12H25NO2/c1-6-7-14-13(5)12-8-9(2)15-11(4)10(12)3/h9-12H,6-8H2,1-5H3. The van der Waals surface area contributed by atoms with E-state index in [0.29, 0.717) is 24.2 Å². The lowest BCUT2D eigenvalue weighted by atomic mass is 9.89. The molecular formula is C12H25NO2. The van der Waals surface area contributed by atoms with Gasteiger partial charge in [0.1, 0.15) is 0 Å². The minimum absolute atomic E-state index is 0.325. The van der Waals surface area contributed by atoms with Crippen molar-refractivity contribution in [2.75, 3.05) is 13.7 Å². The highest BCUT2D eigenvalue weighted by Gasteiger charge is 2.34. The molecule has 0 aliphatic carbocycles. The van der Waals surface area contributed by atoms with E-state index in [4.69, 9.17) is 9.57 Å². The first-order chi connectivity index (χ1) is 7.06. The minimum Gasteiger partial charge on any atom is -0.375 e. The maximum absolute atomic E-state index is 5.80. The summed E-state index contributed by atoms with van der Waals surface area (Å²) >= 11 is 0. The molecule has 0 aromatic heterocycles. The molecule has 4 unspecified atom stereocenters. The van der Waals surface area contributed by atoms with Gasteiger partial charge in [-0.3, -0.25) is 4.84 Å². The average molecular weight is 215 g/mol. The molecule has 0 aromatic carbocycles. The second-order valence-corrected chi connectivity index (χ2v) is 4.69. The monoisotopic (exact) mass is 215 g/mol. The zero-order valence-electron chi connectivity index (χ0n) is 10.7. The van der Waals surface area contributed by atoms with Gasteiger partial charge in [-0.1, -0.05) is 13.8 Å². The van der Waals surface area contributed by atoms with Gasteiger partial charge in [-0.25, -0.2) is 0 Å². The quantitative estimate of drug-likeness (QED) is 0.672. The SMILES string of the molecule is CCCON(C)C1CC(C)OC(C)C1C. The van der Waals surface area contributed by atoms with E-state index in [1.54, 1.807) is 0 Å². The molecule has 1 heterocycles. The summed E-state index contributed by atoms with van der Waals surface area (Å²) in [5.41, 5.74) is 0. The van der Waals surface area contributed by atoms with Gasteiger partial charge in [0.15, 0.2) is 0 Å². The molecule has 0 radical (unpaired) electrons. The summed E-state index contributed by atoms with van der Waals surface area (Å²) < 4.78 is 5.80. The molecule has 0 saturated carbocycles. The molecule has 1 aliphatic rings. The van der Waals surface area contributed by atoms with Crippen molar-refractivity contribution in [2.24, 2.45) is 5.92 Å². The highest BCUT2D eigenvalue weighted by atomic mass is 16.7. The molecule has 0 amide bonds. The van der Waals surface area contributed by atoms with Crippen LogP contribution in [0.15, 0.2) is 0 Å². The molecule has 0 bridgehead atoms. The molecule has 90 valence electrons. The Morgan fingerprint density at radius 2 is 2.00 bits per heavy atom. The third-order valence-electron chi connectivity index (χ3n) is 3.33. The molecule has 0 N–H and O–H groups in total. The minimum atomic E-state index is 0.325. The summed E-state index contributed by atoms with van der Waals surface area (Å²) in [6.07, 6.45) is 2.79. The lowest BCUT2D eigenvalue weighted by molar-refractivity contribution is -0.214. The van der Waals surface area contributed by atoms with Crippen LogP contribution >= 0.6 is 0 Å². The molecule has 15 heavy (non-hydrogen) atoms. The number of hydroxylamine groups is 2. The smallest absolute Gasteiger partial charge is 0.0682 e. The van der Waals surface area contributed by atoms with Crippen LogP contribution in [0.4, 0.5) is 0 Å². The van der Waals surface area contributed by atoms with Crippen molar-refractivity contribution in [1.29, 1.82) is 0 Å². The normalized spacial score (nSPS) is 37.2. The van der Waals surface area contributed by atoms with Crippen LogP contribution in [0.3, 0.4) is 0 Å². The summed E-state index contributed by atoms with van der Waals surface area (Å²) in [6.45, 7) is 9.48. The molecule has 0 aromatic rings. The summed E-state index contributed by atoms with van der Waals surface area (Å²) in [4.78, 5) is 5.68. The molecule has 1 rings (SSSR count). The van der Waals surface area contributed by atoms with Crippen LogP contribution in [-0.2, 0) is 9.57 Å². The first kappa shape index (κ1) is 12.9. The number of hydrogen-bond acceptors (Lipinski definition) is 3. The molecule has 3 heteroatoms. The molecule has 4 atom stereocenters. The van der Waals surface area contributed by atoms with Crippen LogP contribution in [0.5, 0.6) is 0 Å². The van der Waals surface area contributed by atoms with E-state index >= 15 is 0 Å². The van der Waals surface area contributed by atoms with E-state index in [2.05, 4.69) is 27.7 Å². The summed E-state index contributed by atoms with van der Waals surface area (Å²) in [7, 11) is 2.04. The van der Waals surface area contributed by atoms with E-state index < -0.39 is 0 Å². The van der Waals surface area contributed by atoms with Crippen molar-refractivity contribution in [1.82, 2.24) is 5.06 Å². The Labute approximate surface area is 93.7 Å². The van der Waals surface area contributed by atoms with E-state index in [1.165, 1.54) is 0 Å². The van der Waals surface area contributed by atoms with Gasteiger partial charge in [0, 0.05) is 13.1 Å². The average Bonchev–Trinajstić information content (AvgIpc) is 2.19. The van der Waals surface area contributed by atoms with Gasteiger partial charge in [0.25, 0.3) is 0 Å². The van der Waals surface area contributed by atoms with Gasteiger partial charge >= 0.3 is 0 Å². The molecule has 1 fully saturated rings. The Morgan fingerprint density at radius 3 is 2.60 bits per heavy atom. The molecule has 1 saturated heterocycles. The van der Waals surface area contributed by atoms with Crippen molar-refractivity contribution < 1.29 is 9.57 Å². The van der Waals surface area contributed by atoms with Crippen LogP contribution in [-0.4, -0.2) is 37.0 Å². The van der Waals surface area contributed by atoms with E-state index in [0.717, 1.165) is 19.4 Å². The van der Waals surface area contributed by atoms with Crippen molar-refractivity contribution in [3.05, 3.63) is 0 Å². The third kappa shape index (κ3) is 3.44. The fourth-order valence-corrected chi connectivity index (χ4v) is 2.22. The first-order valence-electron chi connectivity index (χ1n) is 6.07. The first-order valence-corrected chi connectivity index (χ1v) is 6.07. The zero-order chi connectivity index (χ0) is 11.4. The van der Waals surface area contributed by atoms with Crippen LogP contribution in [0.1, 0.15) is 40.5 Å². The lowest BCUT2D eigenvalue weighted by Gasteiger charge is -2.41. The fourth-order valence-electron chi connectivity index (χ4n) is 2.22. The van der Waals surface area contributed by atoms with Crippen molar-refractivity contribution in [3.8, 4) is 0 Å². The van der Waals surface area contributed by atoms with Crippen molar-refractivity contribution in [2.45, 2.75) is 58.8 Å². The van der Waals surface area contributed by atoms with E-state index in [-0.39, 0.29) is 0 Å². The molecule has 1 aliphatic heterocycles. The molecular weight excluding hydrogens is 190 g/mol. The Balaban J connectivity index is 2.50. The van der Waals surface area contributed by atoms with Gasteiger partial charge in [0.05, 0.1) is 18.8 Å². The Kier molecular flexibility index (Phi) is 5.03. The number of nitrogens with zero attached hydrogens (tertiary/aromatic N) is 1. The van der Waals surface area contributed by atoms with Gasteiger partial charge in [0.2, 0.25) is 0 Å². The third-order valence-corrected chi connectivity index (χ3v) is 3.33. The van der Waals surface area contributed by atoms with Gasteiger partial charge < -0.3 is 4.74 Å². The number of hydrogen-bond donors (Lipinski definition) is 0. The maximum atomic E-state index is 5.80. The van der Waals surface area contributed by atoms with Gasteiger partial charge in [-0.2, -0.15) is 5.06 Å². The van der Waals surface area contributed by atoms with Gasteiger partial charge in [-0.05, 0) is 32.6 Å². The molecule has 0 spiro atoms. The fraction of sp³-hybridized carbons (Fsp3) is 1.00.